The van der Waals surface area contributed by atoms with E-state index in [9.17, 15) is 12.8 Å². The molecule has 1 rings (SSSR count). The Bertz CT molecular complexity index is 450. The maximum atomic E-state index is 12.9. The number of pyridine rings is 1. The molecule has 1 aromatic heterocycles. The molecule has 0 amide bonds. The summed E-state index contributed by atoms with van der Waals surface area (Å²) in [5.74, 6) is -0.664. The van der Waals surface area contributed by atoms with Gasteiger partial charge in [-0.15, -0.1) is 0 Å². The van der Waals surface area contributed by atoms with Crippen molar-refractivity contribution in [1.82, 2.24) is 14.6 Å². The molecule has 0 aliphatic rings. The molecular weight excluding hydrogens is 233 g/mol. The van der Waals surface area contributed by atoms with E-state index in [2.05, 4.69) is 10.3 Å². The van der Waals surface area contributed by atoms with Crippen LogP contribution in [0.2, 0.25) is 0 Å². The molecule has 1 aromatic rings. The van der Waals surface area contributed by atoms with Gasteiger partial charge in [-0.3, -0.25) is 4.98 Å². The molecule has 0 unspecified atom stereocenters. The van der Waals surface area contributed by atoms with Gasteiger partial charge in [-0.05, 0) is 13.1 Å². The van der Waals surface area contributed by atoms with Crippen LogP contribution in [0.25, 0.3) is 0 Å². The molecule has 1 N–H and O–H groups in total. The van der Waals surface area contributed by atoms with Gasteiger partial charge in [-0.25, -0.2) is 12.8 Å². The normalized spacial score (nSPS) is 12.0. The molecule has 16 heavy (non-hydrogen) atoms. The predicted molar refractivity (Wildman–Crippen MR) is 57.9 cm³/mol. The van der Waals surface area contributed by atoms with E-state index in [-0.39, 0.29) is 4.90 Å². The zero-order valence-electron chi connectivity index (χ0n) is 9.14. The number of hydrogen-bond acceptors (Lipinski definition) is 4. The number of aromatic nitrogens is 1. The lowest BCUT2D eigenvalue weighted by molar-refractivity contribution is 0.465. The van der Waals surface area contributed by atoms with E-state index < -0.39 is 15.8 Å². The smallest absolute Gasteiger partial charge is 0.244 e. The molecule has 0 radical (unpaired) electrons. The molecule has 0 saturated heterocycles. The highest BCUT2D eigenvalue weighted by Crippen LogP contribution is 2.13. The Kier molecular flexibility index (Phi) is 4.34. The standard InChI is InChI=1S/C9H14FN3O2S/c1-11-3-4-13(2)16(14,15)9-5-8(10)6-12-7-9/h5-7,11H,3-4H2,1-2H3. The summed E-state index contributed by atoms with van der Waals surface area (Å²) in [6.07, 6.45) is 2.10. The van der Waals surface area contributed by atoms with Crippen molar-refractivity contribution in [2.45, 2.75) is 4.90 Å². The minimum atomic E-state index is -3.64. The van der Waals surface area contributed by atoms with Crippen molar-refractivity contribution in [2.24, 2.45) is 0 Å². The van der Waals surface area contributed by atoms with E-state index in [4.69, 9.17) is 0 Å². The largest absolute Gasteiger partial charge is 0.318 e. The van der Waals surface area contributed by atoms with Gasteiger partial charge in [0.2, 0.25) is 10.0 Å². The summed E-state index contributed by atoms with van der Waals surface area (Å²) in [6, 6.07) is 0.957. The van der Waals surface area contributed by atoms with Crippen LogP contribution in [0.4, 0.5) is 4.39 Å². The number of rotatable bonds is 5. The first kappa shape index (κ1) is 13.0. The number of nitrogens with one attached hydrogen (secondary N) is 1. The van der Waals surface area contributed by atoms with Crippen LogP contribution >= 0.6 is 0 Å². The Balaban J connectivity index is 2.93. The van der Waals surface area contributed by atoms with Crippen LogP contribution < -0.4 is 5.32 Å². The van der Waals surface area contributed by atoms with Crippen molar-refractivity contribution in [1.29, 1.82) is 0 Å². The van der Waals surface area contributed by atoms with Crippen LogP contribution in [0.5, 0.6) is 0 Å². The lowest BCUT2D eigenvalue weighted by Gasteiger charge is -2.16. The fourth-order valence-electron chi connectivity index (χ4n) is 1.10. The predicted octanol–water partition coefficient (Wildman–Crippen LogP) is 0.0606. The van der Waals surface area contributed by atoms with Crippen LogP contribution in [-0.4, -0.2) is 44.9 Å². The highest BCUT2D eigenvalue weighted by Gasteiger charge is 2.20. The fraction of sp³-hybridized carbons (Fsp3) is 0.444. The Morgan fingerprint density at radius 1 is 1.50 bits per heavy atom. The lowest BCUT2D eigenvalue weighted by atomic mass is 10.5. The molecule has 90 valence electrons. The van der Waals surface area contributed by atoms with Gasteiger partial charge < -0.3 is 5.32 Å². The maximum absolute atomic E-state index is 12.9. The van der Waals surface area contributed by atoms with Crippen molar-refractivity contribution in [3.63, 3.8) is 0 Å². The maximum Gasteiger partial charge on any atom is 0.244 e. The highest BCUT2D eigenvalue weighted by molar-refractivity contribution is 7.89. The third-order valence-electron chi connectivity index (χ3n) is 2.06. The zero-order chi connectivity index (χ0) is 12.2. The topological polar surface area (TPSA) is 62.3 Å². The summed E-state index contributed by atoms with van der Waals surface area (Å²) in [5, 5.41) is 2.84. The number of halogens is 1. The SMILES string of the molecule is CNCCN(C)S(=O)(=O)c1cncc(F)c1. The summed E-state index contributed by atoms with van der Waals surface area (Å²) >= 11 is 0. The fourth-order valence-corrected chi connectivity index (χ4v) is 2.25. The Hall–Kier alpha value is -1.05. The van der Waals surface area contributed by atoms with E-state index >= 15 is 0 Å². The van der Waals surface area contributed by atoms with Crippen molar-refractivity contribution in [2.75, 3.05) is 27.2 Å². The molecule has 0 aliphatic heterocycles. The summed E-state index contributed by atoms with van der Waals surface area (Å²) in [7, 11) is -0.474. The third-order valence-corrected chi connectivity index (χ3v) is 3.89. The van der Waals surface area contributed by atoms with Gasteiger partial charge in [0.15, 0.2) is 0 Å². The molecular formula is C9H14FN3O2S. The van der Waals surface area contributed by atoms with Crippen LogP contribution in [0, 0.1) is 5.82 Å². The second kappa shape index (κ2) is 5.33. The first-order chi connectivity index (χ1) is 7.48. The van der Waals surface area contributed by atoms with Gasteiger partial charge in [0.05, 0.1) is 6.20 Å². The second-order valence-electron chi connectivity index (χ2n) is 3.27. The van der Waals surface area contributed by atoms with Crippen molar-refractivity contribution >= 4 is 10.0 Å². The first-order valence-electron chi connectivity index (χ1n) is 4.70. The van der Waals surface area contributed by atoms with E-state index in [1.165, 1.54) is 7.05 Å². The van der Waals surface area contributed by atoms with E-state index in [0.29, 0.717) is 13.1 Å². The van der Waals surface area contributed by atoms with Crippen LogP contribution in [0.15, 0.2) is 23.4 Å². The molecule has 1 heterocycles. The second-order valence-corrected chi connectivity index (χ2v) is 5.31. The molecule has 5 nitrogen and oxygen atoms in total. The van der Waals surface area contributed by atoms with Crippen LogP contribution in [0.3, 0.4) is 0 Å². The molecule has 0 fully saturated rings. The van der Waals surface area contributed by atoms with Crippen LogP contribution in [0.1, 0.15) is 0 Å². The number of sulfonamides is 1. The molecule has 0 aliphatic carbocycles. The average Bonchev–Trinajstić information content (AvgIpc) is 2.25. The van der Waals surface area contributed by atoms with Crippen LogP contribution in [-0.2, 0) is 10.0 Å². The molecule has 0 aromatic carbocycles. The van der Waals surface area contributed by atoms with Gasteiger partial charge in [-0.2, -0.15) is 4.31 Å². The average molecular weight is 247 g/mol. The monoisotopic (exact) mass is 247 g/mol. The minimum absolute atomic E-state index is 0.133. The Labute approximate surface area is 94.3 Å². The number of likely N-dealkylation sites (N-methyl/N-ethyl adjacent to an activating group) is 2. The van der Waals surface area contributed by atoms with Gasteiger partial charge in [0.25, 0.3) is 0 Å². The third kappa shape index (κ3) is 2.97. The molecule has 7 heteroatoms. The molecule has 0 atom stereocenters. The first-order valence-corrected chi connectivity index (χ1v) is 6.14. The number of nitrogens with zero attached hydrogens (tertiary/aromatic N) is 2. The lowest BCUT2D eigenvalue weighted by Crippen LogP contribution is -2.32. The van der Waals surface area contributed by atoms with E-state index in [0.717, 1.165) is 22.8 Å². The van der Waals surface area contributed by atoms with Gasteiger partial charge in [0.1, 0.15) is 10.7 Å². The summed E-state index contributed by atoms with van der Waals surface area (Å²) in [6.45, 7) is 0.841. The minimum Gasteiger partial charge on any atom is -0.318 e. The zero-order valence-corrected chi connectivity index (χ0v) is 9.96. The van der Waals surface area contributed by atoms with E-state index in [1.807, 2.05) is 0 Å². The number of hydrogen-bond donors (Lipinski definition) is 1. The molecule has 0 bridgehead atoms. The quantitative estimate of drug-likeness (QED) is 0.799. The highest BCUT2D eigenvalue weighted by atomic mass is 32.2. The van der Waals surface area contributed by atoms with Crippen molar-refractivity contribution < 1.29 is 12.8 Å². The van der Waals surface area contributed by atoms with E-state index in [1.54, 1.807) is 7.05 Å². The van der Waals surface area contributed by atoms with Gasteiger partial charge in [-0.1, -0.05) is 0 Å². The Morgan fingerprint density at radius 3 is 2.75 bits per heavy atom. The van der Waals surface area contributed by atoms with Crippen molar-refractivity contribution in [3.05, 3.63) is 24.3 Å². The van der Waals surface area contributed by atoms with Crippen molar-refractivity contribution in [3.8, 4) is 0 Å². The molecule has 0 spiro atoms. The van der Waals surface area contributed by atoms with Gasteiger partial charge in [0, 0.05) is 26.3 Å². The summed E-state index contributed by atoms with van der Waals surface area (Å²) in [4.78, 5) is 3.38. The van der Waals surface area contributed by atoms with Gasteiger partial charge >= 0.3 is 0 Å². The summed E-state index contributed by atoms with van der Waals surface area (Å²) in [5.41, 5.74) is 0. The molecule has 0 saturated carbocycles. The Morgan fingerprint density at radius 2 is 2.19 bits per heavy atom. The summed E-state index contributed by atoms with van der Waals surface area (Å²) < 4.78 is 37.8.